The minimum absolute atomic E-state index is 0.00689. The van der Waals surface area contributed by atoms with E-state index >= 15 is 0 Å². The first-order valence-corrected chi connectivity index (χ1v) is 9.83. The van der Waals surface area contributed by atoms with Crippen molar-refractivity contribution < 1.29 is 4.79 Å². The maximum absolute atomic E-state index is 12.6. The number of carbonyl (C=O) groups is 1. The molecule has 2 aromatic heterocycles. The highest BCUT2D eigenvalue weighted by Gasteiger charge is 2.20. The Balaban J connectivity index is 1.59. The number of hydrogen-bond donors (Lipinski definition) is 0. The fourth-order valence-corrected chi connectivity index (χ4v) is 3.49. The summed E-state index contributed by atoms with van der Waals surface area (Å²) in [5, 5.41) is 5.08. The van der Waals surface area contributed by atoms with Gasteiger partial charge in [0.25, 0.3) is 0 Å². The van der Waals surface area contributed by atoms with E-state index in [1.165, 1.54) is 0 Å². The molecule has 1 aliphatic heterocycles. The average Bonchev–Trinajstić information content (AvgIpc) is 2.98. The van der Waals surface area contributed by atoms with Gasteiger partial charge in [-0.1, -0.05) is 31.0 Å². The number of rotatable bonds is 6. The van der Waals surface area contributed by atoms with Crippen molar-refractivity contribution >= 4 is 29.4 Å². The topological polar surface area (TPSA) is 54.3 Å². The molecule has 0 N–H and O–H groups in total. The highest BCUT2D eigenvalue weighted by molar-refractivity contribution is 6.31. The van der Waals surface area contributed by atoms with Crippen molar-refractivity contribution in [1.82, 2.24) is 19.7 Å². The fourth-order valence-electron chi connectivity index (χ4n) is 3.17. The Morgan fingerprint density at radius 2 is 2.04 bits per heavy atom. The molecule has 0 bridgehead atoms. The first kappa shape index (κ1) is 19.4. The number of unbranched alkanes of at least 4 members (excludes halogenated alkanes) is 1. The number of carbonyl (C=O) groups excluding carboxylic acids is 1. The molecule has 0 unspecified atom stereocenters. The van der Waals surface area contributed by atoms with Crippen LogP contribution in [0.25, 0.3) is 6.08 Å². The van der Waals surface area contributed by atoms with Gasteiger partial charge in [-0.05, 0) is 31.6 Å². The van der Waals surface area contributed by atoms with Crippen LogP contribution < -0.4 is 4.90 Å². The highest BCUT2D eigenvalue weighted by atomic mass is 35.5. The van der Waals surface area contributed by atoms with Crippen molar-refractivity contribution in [3.05, 3.63) is 46.9 Å². The lowest BCUT2D eigenvalue weighted by Gasteiger charge is -2.34. The molecule has 1 amide bonds. The molecule has 7 heteroatoms. The van der Waals surface area contributed by atoms with Gasteiger partial charge in [0, 0.05) is 50.6 Å². The van der Waals surface area contributed by atoms with Gasteiger partial charge >= 0.3 is 0 Å². The van der Waals surface area contributed by atoms with Crippen LogP contribution in [0.15, 0.2) is 30.5 Å². The molecule has 3 rings (SSSR count). The highest BCUT2D eigenvalue weighted by Crippen LogP contribution is 2.22. The van der Waals surface area contributed by atoms with Gasteiger partial charge in [-0.3, -0.25) is 9.48 Å². The van der Waals surface area contributed by atoms with Gasteiger partial charge in [-0.2, -0.15) is 5.10 Å². The van der Waals surface area contributed by atoms with Gasteiger partial charge in [-0.15, -0.1) is 0 Å². The van der Waals surface area contributed by atoms with Crippen LogP contribution in [-0.2, 0) is 11.3 Å². The third-order valence-corrected chi connectivity index (χ3v) is 5.19. The SMILES string of the molecule is CCCCn1nc(C)c(/C=C/C(=O)N2CCN(c3ccccn3)CC2)c1Cl. The molecule has 0 aromatic carbocycles. The summed E-state index contributed by atoms with van der Waals surface area (Å²) in [4.78, 5) is 21.0. The first-order chi connectivity index (χ1) is 13.1. The Morgan fingerprint density at radius 1 is 1.26 bits per heavy atom. The summed E-state index contributed by atoms with van der Waals surface area (Å²) in [6.07, 6.45) is 7.31. The number of aryl methyl sites for hydroxylation is 2. The summed E-state index contributed by atoms with van der Waals surface area (Å²) in [6.45, 7) is 7.79. The van der Waals surface area contributed by atoms with Crippen molar-refractivity contribution in [3.63, 3.8) is 0 Å². The van der Waals surface area contributed by atoms with E-state index in [4.69, 9.17) is 11.6 Å². The quantitative estimate of drug-likeness (QED) is 0.713. The van der Waals surface area contributed by atoms with E-state index in [9.17, 15) is 4.79 Å². The van der Waals surface area contributed by atoms with Crippen LogP contribution in [0.4, 0.5) is 5.82 Å². The molecule has 3 heterocycles. The second-order valence-corrected chi connectivity index (χ2v) is 7.06. The maximum Gasteiger partial charge on any atom is 0.246 e. The summed E-state index contributed by atoms with van der Waals surface area (Å²) in [5.74, 6) is 0.967. The summed E-state index contributed by atoms with van der Waals surface area (Å²) in [5.41, 5.74) is 1.67. The number of hydrogen-bond acceptors (Lipinski definition) is 4. The van der Waals surface area contributed by atoms with Crippen LogP contribution >= 0.6 is 11.6 Å². The van der Waals surface area contributed by atoms with E-state index in [-0.39, 0.29) is 5.91 Å². The normalized spacial score (nSPS) is 14.9. The van der Waals surface area contributed by atoms with Crippen molar-refractivity contribution in [1.29, 1.82) is 0 Å². The molecule has 2 aromatic rings. The molecule has 1 fully saturated rings. The first-order valence-electron chi connectivity index (χ1n) is 9.46. The lowest BCUT2D eigenvalue weighted by molar-refractivity contribution is -0.126. The largest absolute Gasteiger partial charge is 0.353 e. The third-order valence-electron chi connectivity index (χ3n) is 4.79. The van der Waals surface area contributed by atoms with Crippen molar-refractivity contribution in [2.75, 3.05) is 31.1 Å². The number of aromatic nitrogens is 3. The summed E-state index contributed by atoms with van der Waals surface area (Å²) < 4.78 is 1.82. The van der Waals surface area contributed by atoms with E-state index in [1.54, 1.807) is 18.3 Å². The maximum atomic E-state index is 12.6. The Morgan fingerprint density at radius 3 is 2.70 bits per heavy atom. The van der Waals surface area contributed by atoms with Gasteiger partial charge in [0.1, 0.15) is 11.0 Å². The van der Waals surface area contributed by atoms with Crippen LogP contribution in [0.2, 0.25) is 5.15 Å². The standard InChI is InChI=1S/C20H26ClN5O/c1-3-4-11-26-20(21)17(16(2)23-26)8-9-19(27)25-14-12-24(13-15-25)18-7-5-6-10-22-18/h5-10H,3-4,11-15H2,1-2H3/b9-8+. The van der Waals surface area contributed by atoms with Gasteiger partial charge < -0.3 is 9.80 Å². The lowest BCUT2D eigenvalue weighted by atomic mass is 10.2. The average molecular weight is 388 g/mol. The Kier molecular flexibility index (Phi) is 6.50. The van der Waals surface area contributed by atoms with E-state index in [2.05, 4.69) is 21.9 Å². The lowest BCUT2D eigenvalue weighted by Crippen LogP contribution is -2.48. The second kappa shape index (κ2) is 9.04. The number of pyridine rings is 1. The summed E-state index contributed by atoms with van der Waals surface area (Å²) in [7, 11) is 0. The van der Waals surface area contributed by atoms with Crippen LogP contribution in [0.3, 0.4) is 0 Å². The molecule has 1 aliphatic rings. The predicted molar refractivity (Wildman–Crippen MR) is 109 cm³/mol. The van der Waals surface area contributed by atoms with Crippen molar-refractivity contribution in [2.24, 2.45) is 0 Å². The van der Waals surface area contributed by atoms with Crippen molar-refractivity contribution in [3.8, 4) is 0 Å². The van der Waals surface area contributed by atoms with Crippen LogP contribution in [-0.4, -0.2) is 51.8 Å². The number of piperazine rings is 1. The minimum Gasteiger partial charge on any atom is -0.353 e. The van der Waals surface area contributed by atoms with E-state index < -0.39 is 0 Å². The van der Waals surface area contributed by atoms with Gasteiger partial charge in [-0.25, -0.2) is 4.98 Å². The van der Waals surface area contributed by atoms with Crippen LogP contribution in [0.1, 0.15) is 31.0 Å². The third kappa shape index (κ3) is 4.69. The van der Waals surface area contributed by atoms with Gasteiger partial charge in [0.15, 0.2) is 0 Å². The molecule has 0 saturated carbocycles. The second-order valence-electron chi connectivity index (χ2n) is 6.70. The molecule has 0 aliphatic carbocycles. The molecular formula is C20H26ClN5O. The van der Waals surface area contributed by atoms with E-state index in [0.717, 1.165) is 49.6 Å². The van der Waals surface area contributed by atoms with E-state index in [1.807, 2.05) is 34.7 Å². The van der Waals surface area contributed by atoms with E-state index in [0.29, 0.717) is 18.2 Å². The fraction of sp³-hybridized carbons (Fsp3) is 0.450. The Hall–Kier alpha value is -2.34. The molecule has 0 spiro atoms. The summed E-state index contributed by atoms with van der Waals surface area (Å²) >= 11 is 6.43. The Labute approximate surface area is 165 Å². The Bertz CT molecular complexity index is 794. The number of anilines is 1. The van der Waals surface area contributed by atoms with Crippen LogP contribution in [0, 0.1) is 6.92 Å². The number of amides is 1. The monoisotopic (exact) mass is 387 g/mol. The molecule has 6 nitrogen and oxygen atoms in total. The molecule has 144 valence electrons. The molecule has 0 atom stereocenters. The minimum atomic E-state index is 0.00689. The number of nitrogens with zero attached hydrogens (tertiary/aromatic N) is 5. The molecule has 1 saturated heterocycles. The van der Waals surface area contributed by atoms with Crippen molar-refractivity contribution in [2.45, 2.75) is 33.2 Å². The summed E-state index contributed by atoms with van der Waals surface area (Å²) in [6, 6.07) is 5.89. The molecule has 0 radical (unpaired) electrons. The van der Waals surface area contributed by atoms with Crippen LogP contribution in [0.5, 0.6) is 0 Å². The zero-order valence-corrected chi connectivity index (χ0v) is 16.7. The zero-order chi connectivity index (χ0) is 19.2. The van der Waals surface area contributed by atoms with Gasteiger partial charge in [0.05, 0.1) is 5.69 Å². The molecule has 27 heavy (non-hydrogen) atoms. The van der Waals surface area contributed by atoms with Gasteiger partial charge in [0.2, 0.25) is 5.91 Å². The zero-order valence-electron chi connectivity index (χ0n) is 15.9. The predicted octanol–water partition coefficient (Wildman–Crippen LogP) is 3.40. The number of halogens is 1. The molecular weight excluding hydrogens is 362 g/mol. The smallest absolute Gasteiger partial charge is 0.246 e.